The molecule has 0 aliphatic carbocycles. The molecular weight excluding hydrogens is 330 g/mol. The zero-order valence-corrected chi connectivity index (χ0v) is 12.4. The number of nitrogens with one attached hydrogen (secondary N) is 1. The predicted molar refractivity (Wildman–Crippen MR) is 68.7 cm³/mol. The second-order valence-electron chi connectivity index (χ2n) is 3.65. The first-order valence-electron chi connectivity index (χ1n) is 4.73. The average molecular weight is 342 g/mol. The highest BCUT2D eigenvalue weighted by molar-refractivity contribution is 9.10. The molecule has 0 fully saturated rings. The van der Waals surface area contributed by atoms with E-state index in [2.05, 4.69) is 20.7 Å². The fourth-order valence-corrected chi connectivity index (χ4v) is 4.86. The Kier molecular flexibility index (Phi) is 4.34. The van der Waals surface area contributed by atoms with E-state index in [1.165, 1.54) is 6.92 Å². The molecular formula is C9H12BrNO4S2. The van der Waals surface area contributed by atoms with Crippen molar-refractivity contribution in [2.24, 2.45) is 0 Å². The normalized spacial score (nSPS) is 15.5. The molecule has 0 aliphatic rings. The Morgan fingerprint density at radius 1 is 1.65 bits per heavy atom. The molecule has 1 aromatic heterocycles. The van der Waals surface area contributed by atoms with Gasteiger partial charge in [0.05, 0.1) is 0 Å². The summed E-state index contributed by atoms with van der Waals surface area (Å²) < 4.78 is 26.7. The lowest BCUT2D eigenvalue weighted by atomic mass is 10.0. The molecule has 0 bridgehead atoms. The van der Waals surface area contributed by atoms with Gasteiger partial charge in [0.2, 0.25) is 0 Å². The topological polar surface area (TPSA) is 83.5 Å². The highest BCUT2D eigenvalue weighted by atomic mass is 79.9. The molecule has 0 aliphatic heterocycles. The van der Waals surface area contributed by atoms with Gasteiger partial charge in [-0.3, -0.25) is 4.79 Å². The van der Waals surface area contributed by atoms with Gasteiger partial charge in [-0.05, 0) is 40.7 Å². The van der Waals surface area contributed by atoms with Crippen LogP contribution in [0.3, 0.4) is 0 Å². The number of aliphatic carboxylic acids is 1. The summed E-state index contributed by atoms with van der Waals surface area (Å²) in [5.41, 5.74) is -1.50. The molecule has 2 N–H and O–H groups in total. The second-order valence-corrected chi connectivity index (χ2v) is 7.30. The number of rotatable bonds is 5. The summed E-state index contributed by atoms with van der Waals surface area (Å²) >= 11 is 4.14. The maximum Gasteiger partial charge on any atom is 0.324 e. The van der Waals surface area contributed by atoms with Crippen molar-refractivity contribution in [3.63, 3.8) is 0 Å². The summed E-state index contributed by atoms with van der Waals surface area (Å²) in [6, 6.07) is 1.60. The lowest BCUT2D eigenvalue weighted by Crippen LogP contribution is -2.51. The Bertz CT molecular complexity index is 525. The van der Waals surface area contributed by atoms with Gasteiger partial charge in [0.25, 0.3) is 10.0 Å². The molecule has 96 valence electrons. The fraction of sp³-hybridized carbons (Fsp3) is 0.444. The number of sulfonamides is 1. The van der Waals surface area contributed by atoms with Crippen molar-refractivity contribution >= 4 is 43.3 Å². The minimum Gasteiger partial charge on any atom is -0.480 e. The lowest BCUT2D eigenvalue weighted by Gasteiger charge is -2.23. The van der Waals surface area contributed by atoms with Crippen LogP contribution in [0.15, 0.2) is 20.1 Å². The highest BCUT2D eigenvalue weighted by Crippen LogP contribution is 2.28. The van der Waals surface area contributed by atoms with E-state index in [1.807, 2.05) is 0 Å². The van der Waals surface area contributed by atoms with Crippen molar-refractivity contribution in [1.29, 1.82) is 0 Å². The molecule has 1 unspecified atom stereocenters. The third kappa shape index (κ3) is 3.06. The Morgan fingerprint density at radius 2 is 2.24 bits per heavy atom. The fourth-order valence-electron chi connectivity index (χ4n) is 1.08. The first-order valence-corrected chi connectivity index (χ1v) is 7.89. The Labute approximate surface area is 112 Å². The molecule has 0 aromatic carbocycles. The van der Waals surface area contributed by atoms with Crippen molar-refractivity contribution in [1.82, 2.24) is 4.72 Å². The highest BCUT2D eigenvalue weighted by Gasteiger charge is 2.37. The first kappa shape index (κ1) is 14.6. The minimum absolute atomic E-state index is 0.0819. The van der Waals surface area contributed by atoms with Crippen LogP contribution in [0.5, 0.6) is 0 Å². The quantitative estimate of drug-likeness (QED) is 0.858. The summed E-state index contributed by atoms with van der Waals surface area (Å²) in [6.45, 7) is 2.95. The van der Waals surface area contributed by atoms with Crippen molar-refractivity contribution < 1.29 is 18.3 Å². The van der Waals surface area contributed by atoms with E-state index >= 15 is 0 Å². The molecule has 1 heterocycles. The van der Waals surface area contributed by atoms with E-state index in [1.54, 1.807) is 18.4 Å². The molecule has 0 spiro atoms. The van der Waals surface area contributed by atoms with Crippen LogP contribution in [0.1, 0.15) is 20.3 Å². The molecule has 5 nitrogen and oxygen atoms in total. The van der Waals surface area contributed by atoms with Crippen LogP contribution in [0.4, 0.5) is 0 Å². The number of carboxylic acid groups (broad SMARTS) is 1. The van der Waals surface area contributed by atoms with Crippen molar-refractivity contribution in [2.75, 3.05) is 0 Å². The summed E-state index contributed by atoms with van der Waals surface area (Å²) in [4.78, 5) is 11.0. The van der Waals surface area contributed by atoms with Crippen LogP contribution in [-0.2, 0) is 14.8 Å². The van der Waals surface area contributed by atoms with Crippen molar-refractivity contribution in [3.05, 3.63) is 15.9 Å². The molecule has 1 atom stereocenters. The maximum atomic E-state index is 12.0. The first-order chi connectivity index (χ1) is 7.73. The van der Waals surface area contributed by atoms with Crippen LogP contribution in [-0.4, -0.2) is 25.0 Å². The van der Waals surface area contributed by atoms with E-state index in [0.717, 1.165) is 11.3 Å². The molecule has 1 rings (SSSR count). The summed E-state index contributed by atoms with van der Waals surface area (Å²) in [5.74, 6) is -1.20. The zero-order valence-electron chi connectivity index (χ0n) is 9.23. The lowest BCUT2D eigenvalue weighted by molar-refractivity contribution is -0.143. The summed E-state index contributed by atoms with van der Waals surface area (Å²) in [7, 11) is -3.82. The maximum absolute atomic E-state index is 12.0. The summed E-state index contributed by atoms with van der Waals surface area (Å²) in [5, 5.41) is 10.6. The third-order valence-electron chi connectivity index (χ3n) is 2.37. The van der Waals surface area contributed by atoms with Gasteiger partial charge in [-0.2, -0.15) is 4.72 Å². The van der Waals surface area contributed by atoms with E-state index in [0.29, 0.717) is 4.47 Å². The number of halogens is 1. The van der Waals surface area contributed by atoms with Gasteiger partial charge in [-0.15, -0.1) is 11.3 Å². The van der Waals surface area contributed by atoms with Gasteiger partial charge >= 0.3 is 5.97 Å². The molecule has 17 heavy (non-hydrogen) atoms. The van der Waals surface area contributed by atoms with Gasteiger partial charge in [0, 0.05) is 4.47 Å². The van der Waals surface area contributed by atoms with Crippen molar-refractivity contribution in [3.8, 4) is 0 Å². The monoisotopic (exact) mass is 341 g/mol. The van der Waals surface area contributed by atoms with Gasteiger partial charge < -0.3 is 5.11 Å². The predicted octanol–water partition coefficient (Wildman–Crippen LogP) is 2.04. The molecule has 0 radical (unpaired) electrons. The van der Waals surface area contributed by atoms with Gasteiger partial charge in [-0.25, -0.2) is 8.42 Å². The van der Waals surface area contributed by atoms with E-state index < -0.39 is 21.5 Å². The number of thiophene rings is 1. The number of hydrogen-bond donors (Lipinski definition) is 2. The van der Waals surface area contributed by atoms with Crippen LogP contribution in [0.2, 0.25) is 0 Å². The smallest absolute Gasteiger partial charge is 0.324 e. The van der Waals surface area contributed by atoms with E-state index in [9.17, 15) is 13.2 Å². The van der Waals surface area contributed by atoms with E-state index in [4.69, 9.17) is 5.11 Å². The average Bonchev–Trinajstić information content (AvgIpc) is 2.64. The van der Waals surface area contributed by atoms with E-state index in [-0.39, 0.29) is 10.6 Å². The second kappa shape index (κ2) is 5.05. The standard InChI is InChI=1S/C9H12BrNO4S2/c1-3-9(2,8(12)13)11-17(14,15)7-6(10)4-5-16-7/h4-5,11H,3H2,1-2H3,(H,12,13). The summed E-state index contributed by atoms with van der Waals surface area (Å²) in [6.07, 6.45) is 0.157. The number of carbonyl (C=O) groups is 1. The Balaban J connectivity index is 3.11. The number of hydrogen-bond acceptors (Lipinski definition) is 4. The Hall–Kier alpha value is -0.440. The zero-order chi connectivity index (χ0) is 13.3. The molecule has 8 heteroatoms. The van der Waals surface area contributed by atoms with Gasteiger partial charge in [-0.1, -0.05) is 6.92 Å². The van der Waals surface area contributed by atoms with Crippen LogP contribution in [0, 0.1) is 0 Å². The Morgan fingerprint density at radius 3 is 2.59 bits per heavy atom. The molecule has 0 amide bonds. The van der Waals surface area contributed by atoms with Crippen LogP contribution in [0.25, 0.3) is 0 Å². The molecule has 0 saturated carbocycles. The van der Waals surface area contributed by atoms with Crippen LogP contribution >= 0.6 is 27.3 Å². The van der Waals surface area contributed by atoms with Gasteiger partial charge in [0.15, 0.2) is 0 Å². The number of carboxylic acids is 1. The van der Waals surface area contributed by atoms with Gasteiger partial charge in [0.1, 0.15) is 9.75 Å². The minimum atomic E-state index is -3.82. The molecule has 0 saturated heterocycles. The van der Waals surface area contributed by atoms with Crippen LogP contribution < -0.4 is 4.72 Å². The van der Waals surface area contributed by atoms with Crippen molar-refractivity contribution in [2.45, 2.75) is 30.0 Å². The largest absolute Gasteiger partial charge is 0.480 e. The SMILES string of the molecule is CCC(C)(NS(=O)(=O)c1sccc1Br)C(=O)O. The third-order valence-corrected chi connectivity index (χ3v) is 6.63. The molecule has 1 aromatic rings.